The lowest BCUT2D eigenvalue weighted by Gasteiger charge is -2.31. The zero-order chi connectivity index (χ0) is 21.5. The lowest BCUT2D eigenvalue weighted by Crippen LogP contribution is -2.38. The molecule has 0 heterocycles. The molecule has 1 aliphatic carbocycles. The number of ether oxygens (including phenoxy) is 2. The molecule has 0 amide bonds. The molecule has 0 N–H and O–H groups in total. The molecule has 4 nitrogen and oxygen atoms in total. The van der Waals surface area contributed by atoms with Crippen LogP contribution in [0, 0.1) is 11.8 Å². The van der Waals surface area contributed by atoms with Gasteiger partial charge in [-0.25, -0.2) is 0 Å². The first-order valence-corrected chi connectivity index (χ1v) is 12.2. The van der Waals surface area contributed by atoms with Gasteiger partial charge in [0.1, 0.15) is 5.60 Å². The van der Waals surface area contributed by atoms with Crippen LogP contribution in [0.2, 0.25) is 0 Å². The minimum Gasteiger partial charge on any atom is -0.465 e. The molecular weight excluding hydrogens is 364 g/mol. The SMILES string of the molecule is CCCCCCCCCCCCCOC(=O)C1CCCCC1C(=O)OC(C)(C)C. The third-order valence-corrected chi connectivity index (χ3v) is 5.77. The Bertz CT molecular complexity index is 452. The van der Waals surface area contributed by atoms with E-state index in [9.17, 15) is 9.59 Å². The summed E-state index contributed by atoms with van der Waals surface area (Å²) in [6.45, 7) is 8.34. The molecule has 0 aromatic heterocycles. The van der Waals surface area contributed by atoms with Gasteiger partial charge in [0.25, 0.3) is 0 Å². The fourth-order valence-corrected chi connectivity index (χ4v) is 4.12. The Morgan fingerprint density at radius 3 is 1.66 bits per heavy atom. The predicted octanol–water partition coefficient (Wildman–Crippen LogP) is 6.99. The number of unbranched alkanes of at least 4 members (excludes halogenated alkanes) is 10. The van der Waals surface area contributed by atoms with Crippen molar-refractivity contribution in [2.24, 2.45) is 11.8 Å². The molecule has 2 unspecified atom stereocenters. The number of rotatable bonds is 14. The van der Waals surface area contributed by atoms with Crippen molar-refractivity contribution in [1.29, 1.82) is 0 Å². The summed E-state index contributed by atoms with van der Waals surface area (Å²) in [4.78, 5) is 25.0. The van der Waals surface area contributed by atoms with Gasteiger partial charge in [-0.1, -0.05) is 84.0 Å². The molecule has 0 aromatic rings. The third-order valence-electron chi connectivity index (χ3n) is 5.77. The largest absolute Gasteiger partial charge is 0.465 e. The predicted molar refractivity (Wildman–Crippen MR) is 119 cm³/mol. The molecule has 1 aliphatic rings. The summed E-state index contributed by atoms with van der Waals surface area (Å²) in [6.07, 6.45) is 17.5. The van der Waals surface area contributed by atoms with Gasteiger partial charge in [0, 0.05) is 0 Å². The first-order valence-electron chi connectivity index (χ1n) is 12.2. The van der Waals surface area contributed by atoms with Crippen molar-refractivity contribution >= 4 is 11.9 Å². The molecule has 0 bridgehead atoms. The van der Waals surface area contributed by atoms with Crippen LogP contribution in [0.25, 0.3) is 0 Å². The van der Waals surface area contributed by atoms with E-state index < -0.39 is 5.60 Å². The Kier molecular flexibility index (Phi) is 13.3. The Labute approximate surface area is 179 Å². The van der Waals surface area contributed by atoms with Crippen LogP contribution in [0.1, 0.15) is 124 Å². The zero-order valence-corrected chi connectivity index (χ0v) is 19.6. The highest BCUT2D eigenvalue weighted by Gasteiger charge is 2.39. The van der Waals surface area contributed by atoms with Crippen LogP contribution in [0.3, 0.4) is 0 Å². The van der Waals surface area contributed by atoms with Crippen molar-refractivity contribution in [1.82, 2.24) is 0 Å². The molecule has 1 rings (SSSR count). The summed E-state index contributed by atoms with van der Waals surface area (Å²) < 4.78 is 11.1. The van der Waals surface area contributed by atoms with E-state index in [-0.39, 0.29) is 23.8 Å². The van der Waals surface area contributed by atoms with Gasteiger partial charge in [-0.05, 0) is 40.0 Å². The molecule has 1 saturated carbocycles. The fourth-order valence-electron chi connectivity index (χ4n) is 4.12. The minimum atomic E-state index is -0.515. The quantitative estimate of drug-likeness (QED) is 0.229. The van der Waals surface area contributed by atoms with E-state index >= 15 is 0 Å². The molecule has 2 atom stereocenters. The van der Waals surface area contributed by atoms with Crippen LogP contribution >= 0.6 is 0 Å². The lowest BCUT2D eigenvalue weighted by atomic mass is 9.79. The molecule has 0 aromatic carbocycles. The highest BCUT2D eigenvalue weighted by molar-refractivity contribution is 5.82. The molecule has 0 spiro atoms. The van der Waals surface area contributed by atoms with Crippen LogP contribution in [-0.4, -0.2) is 24.1 Å². The first-order chi connectivity index (χ1) is 13.8. The summed E-state index contributed by atoms with van der Waals surface area (Å²) in [7, 11) is 0. The number of carbonyl (C=O) groups is 2. The zero-order valence-electron chi connectivity index (χ0n) is 19.6. The van der Waals surface area contributed by atoms with Crippen LogP contribution in [-0.2, 0) is 19.1 Å². The Morgan fingerprint density at radius 2 is 1.17 bits per heavy atom. The van der Waals surface area contributed by atoms with Gasteiger partial charge in [0.2, 0.25) is 0 Å². The molecule has 29 heavy (non-hydrogen) atoms. The van der Waals surface area contributed by atoms with E-state index in [0.717, 1.165) is 38.5 Å². The van der Waals surface area contributed by atoms with E-state index in [1.54, 1.807) is 0 Å². The number of hydrogen-bond donors (Lipinski definition) is 0. The maximum Gasteiger partial charge on any atom is 0.310 e. The van der Waals surface area contributed by atoms with Gasteiger partial charge in [-0.2, -0.15) is 0 Å². The second-order valence-corrected chi connectivity index (χ2v) is 9.73. The van der Waals surface area contributed by atoms with Gasteiger partial charge in [0.15, 0.2) is 0 Å². The Morgan fingerprint density at radius 1 is 0.724 bits per heavy atom. The molecule has 0 saturated heterocycles. The van der Waals surface area contributed by atoms with Crippen LogP contribution in [0.4, 0.5) is 0 Å². The second-order valence-electron chi connectivity index (χ2n) is 9.73. The monoisotopic (exact) mass is 410 g/mol. The molecule has 1 fully saturated rings. The Balaban J connectivity index is 2.14. The second kappa shape index (κ2) is 14.8. The van der Waals surface area contributed by atoms with Crippen molar-refractivity contribution in [3.63, 3.8) is 0 Å². The standard InChI is InChI=1S/C25H46O4/c1-5-6-7-8-9-10-11-12-13-14-17-20-28-23(26)21-18-15-16-19-22(21)24(27)29-25(2,3)4/h21-22H,5-20H2,1-4H3. The fraction of sp³-hybridized carbons (Fsp3) is 0.920. The third kappa shape index (κ3) is 12.3. The molecule has 4 heteroatoms. The molecule has 170 valence electrons. The number of hydrogen-bond acceptors (Lipinski definition) is 4. The van der Waals surface area contributed by atoms with Gasteiger partial charge in [0.05, 0.1) is 18.4 Å². The summed E-state index contributed by atoms with van der Waals surface area (Å²) in [6, 6.07) is 0. The minimum absolute atomic E-state index is 0.201. The number of carbonyl (C=O) groups excluding carboxylic acids is 2. The van der Waals surface area contributed by atoms with E-state index in [2.05, 4.69) is 6.92 Å². The van der Waals surface area contributed by atoms with Gasteiger partial charge < -0.3 is 9.47 Å². The average molecular weight is 411 g/mol. The van der Waals surface area contributed by atoms with Crippen LogP contribution in [0.5, 0.6) is 0 Å². The maximum absolute atomic E-state index is 12.5. The van der Waals surface area contributed by atoms with Crippen molar-refractivity contribution in [3.05, 3.63) is 0 Å². The molecule has 0 radical (unpaired) electrons. The van der Waals surface area contributed by atoms with Gasteiger partial charge in [-0.15, -0.1) is 0 Å². The van der Waals surface area contributed by atoms with Crippen molar-refractivity contribution in [3.8, 4) is 0 Å². The normalized spacial score (nSPS) is 19.7. The van der Waals surface area contributed by atoms with Crippen LogP contribution in [0.15, 0.2) is 0 Å². The average Bonchev–Trinajstić information content (AvgIpc) is 2.67. The topological polar surface area (TPSA) is 52.6 Å². The molecule has 0 aliphatic heterocycles. The summed E-state index contributed by atoms with van der Waals surface area (Å²) in [5.74, 6) is -1.11. The summed E-state index contributed by atoms with van der Waals surface area (Å²) >= 11 is 0. The smallest absolute Gasteiger partial charge is 0.310 e. The van der Waals surface area contributed by atoms with E-state index in [1.165, 1.54) is 57.8 Å². The highest BCUT2D eigenvalue weighted by atomic mass is 16.6. The van der Waals surface area contributed by atoms with Crippen molar-refractivity contribution in [2.75, 3.05) is 6.61 Å². The maximum atomic E-state index is 12.5. The summed E-state index contributed by atoms with van der Waals surface area (Å²) in [5, 5.41) is 0. The van der Waals surface area contributed by atoms with Crippen molar-refractivity contribution < 1.29 is 19.1 Å². The van der Waals surface area contributed by atoms with Gasteiger partial charge >= 0.3 is 11.9 Å². The van der Waals surface area contributed by atoms with Crippen molar-refractivity contribution in [2.45, 2.75) is 130 Å². The highest BCUT2D eigenvalue weighted by Crippen LogP contribution is 2.33. The van der Waals surface area contributed by atoms with Crippen LogP contribution < -0.4 is 0 Å². The first kappa shape index (κ1) is 26.0. The van der Waals surface area contributed by atoms with Gasteiger partial charge in [-0.3, -0.25) is 9.59 Å². The number of esters is 2. The molecular formula is C25H46O4. The van der Waals surface area contributed by atoms with E-state index in [4.69, 9.17) is 9.47 Å². The lowest BCUT2D eigenvalue weighted by molar-refractivity contribution is -0.170. The van der Waals surface area contributed by atoms with E-state index in [1.807, 2.05) is 20.8 Å². The summed E-state index contributed by atoms with van der Waals surface area (Å²) in [5.41, 5.74) is -0.515. The van der Waals surface area contributed by atoms with E-state index in [0.29, 0.717) is 6.61 Å². The Hall–Kier alpha value is -1.06.